The van der Waals surface area contributed by atoms with Gasteiger partial charge >= 0.3 is 0 Å². The van der Waals surface area contributed by atoms with E-state index in [1.165, 1.54) is 72.4 Å². The summed E-state index contributed by atoms with van der Waals surface area (Å²) in [6.07, 6.45) is 0. The molecule has 0 bridgehead atoms. The number of anilines is 3. The van der Waals surface area contributed by atoms with E-state index in [0.29, 0.717) is 0 Å². The van der Waals surface area contributed by atoms with E-state index in [9.17, 15) is 4.39 Å². The van der Waals surface area contributed by atoms with E-state index in [1.807, 2.05) is 30.3 Å². The summed E-state index contributed by atoms with van der Waals surface area (Å²) in [4.78, 5) is 2.20. The molecule has 9 aromatic rings. The predicted molar refractivity (Wildman–Crippen MR) is 210 cm³/mol. The maximum atomic E-state index is 14.2. The van der Waals surface area contributed by atoms with Gasteiger partial charge in [0.05, 0.1) is 0 Å². The van der Waals surface area contributed by atoms with E-state index in [-0.39, 0.29) is 5.82 Å². The first-order chi connectivity index (χ1) is 24.7. The first kappa shape index (κ1) is 29.6. The van der Waals surface area contributed by atoms with Crippen LogP contribution < -0.4 is 4.90 Å². The predicted octanol–water partition coefficient (Wildman–Crippen LogP) is 13.8. The summed E-state index contributed by atoms with van der Waals surface area (Å²) >= 11 is 0. The third-order valence-corrected chi connectivity index (χ3v) is 9.68. The fraction of sp³-hybridized carbons (Fsp3) is 0. The molecule has 0 aliphatic carbocycles. The van der Waals surface area contributed by atoms with Crippen LogP contribution in [0.2, 0.25) is 0 Å². The Morgan fingerprint density at radius 3 is 1.44 bits per heavy atom. The Bertz CT molecular complexity index is 2620. The number of nitrogens with zero attached hydrogens (tertiary/aromatic N) is 1. The van der Waals surface area contributed by atoms with Crippen molar-refractivity contribution in [1.82, 2.24) is 0 Å². The van der Waals surface area contributed by atoms with E-state index < -0.39 is 0 Å². The second kappa shape index (κ2) is 12.5. The molecule has 0 N–H and O–H groups in total. The first-order valence-corrected chi connectivity index (χ1v) is 17.0. The highest BCUT2D eigenvalue weighted by molar-refractivity contribution is 6.33. The van der Waals surface area contributed by atoms with E-state index in [4.69, 9.17) is 0 Å². The number of benzene rings is 9. The zero-order valence-corrected chi connectivity index (χ0v) is 27.3. The van der Waals surface area contributed by atoms with Crippen LogP contribution in [0.25, 0.3) is 65.7 Å². The number of hydrogen-bond acceptors (Lipinski definition) is 1. The summed E-state index contributed by atoms with van der Waals surface area (Å²) in [6.45, 7) is 0. The molecule has 0 spiro atoms. The van der Waals surface area contributed by atoms with Gasteiger partial charge in [-0.15, -0.1) is 0 Å². The van der Waals surface area contributed by atoms with E-state index in [0.717, 1.165) is 22.4 Å². The van der Waals surface area contributed by atoms with Gasteiger partial charge in [-0.3, -0.25) is 0 Å². The molecule has 0 saturated heterocycles. The molecular weight excluding hydrogens is 610 g/mol. The summed E-state index contributed by atoms with van der Waals surface area (Å²) < 4.78 is 14.2. The van der Waals surface area contributed by atoms with Crippen LogP contribution in [0.3, 0.4) is 0 Å². The Morgan fingerprint density at radius 1 is 0.320 bits per heavy atom. The monoisotopic (exact) mass is 641 g/mol. The molecular formula is C48H32FN. The second-order valence-electron chi connectivity index (χ2n) is 12.6. The van der Waals surface area contributed by atoms with Gasteiger partial charge in [0.25, 0.3) is 0 Å². The van der Waals surface area contributed by atoms with E-state index >= 15 is 0 Å². The van der Waals surface area contributed by atoms with Crippen LogP contribution in [0.5, 0.6) is 0 Å². The van der Waals surface area contributed by atoms with Crippen molar-refractivity contribution in [3.05, 3.63) is 200 Å². The number of hydrogen-bond donors (Lipinski definition) is 0. The second-order valence-corrected chi connectivity index (χ2v) is 12.6. The number of halogens is 1. The van der Waals surface area contributed by atoms with Crippen LogP contribution >= 0.6 is 0 Å². The van der Waals surface area contributed by atoms with Gasteiger partial charge in [0.15, 0.2) is 0 Å². The Labute approximate surface area is 291 Å². The molecule has 0 atom stereocenters. The lowest BCUT2D eigenvalue weighted by molar-refractivity contribution is 0.628. The lowest BCUT2D eigenvalue weighted by Crippen LogP contribution is -2.09. The molecule has 0 fully saturated rings. The minimum absolute atomic E-state index is 0.255. The molecule has 9 aromatic carbocycles. The molecule has 50 heavy (non-hydrogen) atoms. The molecule has 0 saturated carbocycles. The van der Waals surface area contributed by atoms with Gasteiger partial charge in [-0.05, 0) is 120 Å². The van der Waals surface area contributed by atoms with Gasteiger partial charge in [0, 0.05) is 17.1 Å². The highest BCUT2D eigenvalue weighted by atomic mass is 19.1. The molecule has 0 aromatic heterocycles. The van der Waals surface area contributed by atoms with Gasteiger partial charge in [-0.25, -0.2) is 4.39 Å². The van der Waals surface area contributed by atoms with Gasteiger partial charge < -0.3 is 4.90 Å². The number of fused-ring (bicyclic) bond motifs is 6. The summed E-state index contributed by atoms with van der Waals surface area (Å²) in [5.41, 5.74) is 10.1. The SMILES string of the molecule is Fc1ccc(N(c2ccccc2)c2ccc3c(c2)c2ccccc2c2c(-c4ccccc4)cc(-c4ccccc4)c(-c4ccccc4)c32)cc1. The molecule has 0 radical (unpaired) electrons. The topological polar surface area (TPSA) is 3.24 Å². The molecule has 0 unspecified atom stereocenters. The van der Waals surface area contributed by atoms with Crippen molar-refractivity contribution >= 4 is 49.4 Å². The lowest BCUT2D eigenvalue weighted by Gasteiger charge is -2.27. The van der Waals surface area contributed by atoms with Crippen LogP contribution in [0, 0.1) is 5.82 Å². The first-order valence-electron chi connectivity index (χ1n) is 17.0. The third kappa shape index (κ3) is 5.10. The standard InChI is InChI=1S/C48H32FN/c49-36-25-27-38(28-26-36)50(37-21-11-4-12-22-37)39-29-30-42-45(31-39)40-23-13-14-24-41(40)47-44(34-17-7-2-8-18-34)32-43(33-15-5-1-6-16-33)46(48(42)47)35-19-9-3-10-20-35/h1-32H. The molecule has 0 aliphatic heterocycles. The summed E-state index contributed by atoms with van der Waals surface area (Å²) in [5, 5.41) is 7.20. The minimum atomic E-state index is -0.255. The zero-order chi connectivity index (χ0) is 33.4. The van der Waals surface area contributed by atoms with Gasteiger partial charge in [-0.1, -0.05) is 140 Å². The van der Waals surface area contributed by atoms with Crippen molar-refractivity contribution in [2.75, 3.05) is 4.90 Å². The Kier molecular flexibility index (Phi) is 7.40. The van der Waals surface area contributed by atoms with Crippen LogP contribution in [-0.2, 0) is 0 Å². The Balaban J connectivity index is 1.46. The largest absolute Gasteiger partial charge is 0.310 e. The van der Waals surface area contributed by atoms with Crippen molar-refractivity contribution < 1.29 is 4.39 Å². The van der Waals surface area contributed by atoms with Crippen LogP contribution in [0.1, 0.15) is 0 Å². The quantitative estimate of drug-likeness (QED) is 0.163. The van der Waals surface area contributed by atoms with E-state index in [1.54, 1.807) is 0 Å². The van der Waals surface area contributed by atoms with Crippen molar-refractivity contribution in [2.24, 2.45) is 0 Å². The highest BCUT2D eigenvalue weighted by Crippen LogP contribution is 2.50. The van der Waals surface area contributed by atoms with E-state index in [2.05, 4.69) is 157 Å². The fourth-order valence-corrected chi connectivity index (χ4v) is 7.49. The molecule has 0 heterocycles. The summed E-state index contributed by atoms with van der Waals surface area (Å²) in [5.74, 6) is -0.255. The number of para-hydroxylation sites is 1. The summed E-state index contributed by atoms with van der Waals surface area (Å²) in [6, 6.07) is 67.3. The zero-order valence-electron chi connectivity index (χ0n) is 27.3. The Morgan fingerprint density at radius 2 is 0.800 bits per heavy atom. The van der Waals surface area contributed by atoms with Crippen LogP contribution in [0.4, 0.5) is 21.5 Å². The van der Waals surface area contributed by atoms with Gasteiger partial charge in [0.2, 0.25) is 0 Å². The molecule has 0 aliphatic rings. The minimum Gasteiger partial charge on any atom is -0.310 e. The lowest BCUT2D eigenvalue weighted by atomic mass is 9.81. The third-order valence-electron chi connectivity index (χ3n) is 9.68. The Hall–Kier alpha value is -6.51. The molecule has 0 amide bonds. The van der Waals surface area contributed by atoms with Crippen LogP contribution in [-0.4, -0.2) is 0 Å². The van der Waals surface area contributed by atoms with Crippen LogP contribution in [0.15, 0.2) is 194 Å². The normalized spacial score (nSPS) is 11.3. The van der Waals surface area contributed by atoms with Crippen molar-refractivity contribution in [1.29, 1.82) is 0 Å². The average molecular weight is 642 g/mol. The molecule has 236 valence electrons. The highest BCUT2D eigenvalue weighted by Gasteiger charge is 2.22. The van der Waals surface area contributed by atoms with Crippen molar-refractivity contribution in [2.45, 2.75) is 0 Å². The molecule has 1 nitrogen and oxygen atoms in total. The maximum absolute atomic E-state index is 14.2. The van der Waals surface area contributed by atoms with Gasteiger partial charge in [-0.2, -0.15) is 0 Å². The maximum Gasteiger partial charge on any atom is 0.123 e. The fourth-order valence-electron chi connectivity index (χ4n) is 7.49. The van der Waals surface area contributed by atoms with Crippen molar-refractivity contribution in [3.8, 4) is 33.4 Å². The number of rotatable bonds is 6. The van der Waals surface area contributed by atoms with Gasteiger partial charge in [0.1, 0.15) is 5.82 Å². The summed E-state index contributed by atoms with van der Waals surface area (Å²) in [7, 11) is 0. The average Bonchev–Trinajstić information content (AvgIpc) is 3.19. The molecule has 2 heteroatoms. The smallest absolute Gasteiger partial charge is 0.123 e. The van der Waals surface area contributed by atoms with Crippen molar-refractivity contribution in [3.63, 3.8) is 0 Å². The molecule has 9 rings (SSSR count).